The predicted molar refractivity (Wildman–Crippen MR) is 169 cm³/mol. The van der Waals surface area contributed by atoms with Crippen molar-refractivity contribution in [1.29, 1.82) is 0 Å². The van der Waals surface area contributed by atoms with E-state index in [1.54, 1.807) is 12.5 Å². The van der Waals surface area contributed by atoms with E-state index in [4.69, 9.17) is 4.74 Å². The van der Waals surface area contributed by atoms with Crippen molar-refractivity contribution in [3.8, 4) is 0 Å². The molecular weight excluding hydrogens is 783 g/mol. The first-order chi connectivity index (χ1) is 25.1. The Balaban J connectivity index is 1.76. The van der Waals surface area contributed by atoms with E-state index in [0.29, 0.717) is 17.9 Å². The standard InChI is InChI=1S/C37H34F17O/c1-3-23(2)21-27(24-11-6-4-7-12-24)22-29(25-13-8-5-9-14-25)26-15-17-28(18-16-26)55-20-10-19-30(38,39)31(40,41)32(42,43)33(44,45)34(46,47)35(48,49)36(50,51)37(52,53)54/h4-9,11-18,23,27H,3,10,19-22H2,1-2H3/q-1. The maximum atomic E-state index is 14.3. The molecule has 0 saturated carbocycles. The van der Waals surface area contributed by atoms with E-state index in [9.17, 15) is 74.6 Å². The van der Waals surface area contributed by atoms with Crippen LogP contribution in [0.2, 0.25) is 0 Å². The fourth-order valence-corrected chi connectivity index (χ4v) is 5.59. The average molecular weight is 818 g/mol. The summed E-state index contributed by atoms with van der Waals surface area (Å²) < 4.78 is 235. The van der Waals surface area contributed by atoms with Gasteiger partial charge in [0, 0.05) is 12.2 Å². The lowest BCUT2D eigenvalue weighted by molar-refractivity contribution is -0.461. The summed E-state index contributed by atoms with van der Waals surface area (Å²) in [5.41, 5.74) is 3.54. The minimum atomic E-state index is -8.65. The molecule has 0 N–H and O–H groups in total. The Hall–Kier alpha value is -3.86. The molecule has 2 unspecified atom stereocenters. The van der Waals surface area contributed by atoms with E-state index in [1.165, 1.54) is 12.2 Å². The van der Waals surface area contributed by atoms with Gasteiger partial charge in [-0.15, -0.1) is 35.8 Å². The molecule has 1 aliphatic rings. The van der Waals surface area contributed by atoms with E-state index in [-0.39, 0.29) is 11.7 Å². The number of hydrogen-bond acceptors (Lipinski definition) is 1. The molecule has 3 rings (SSSR count). The van der Waals surface area contributed by atoms with Crippen molar-refractivity contribution >= 4 is 5.57 Å². The fraction of sp³-hybridized carbons (Fsp3) is 0.486. The average Bonchev–Trinajstić information content (AvgIpc) is 3.11. The molecule has 1 nitrogen and oxygen atoms in total. The van der Waals surface area contributed by atoms with Crippen molar-refractivity contribution < 1.29 is 79.4 Å². The minimum Gasteiger partial charge on any atom is -0.537 e. The summed E-state index contributed by atoms with van der Waals surface area (Å²) in [7, 11) is 0. The Morgan fingerprint density at radius 1 is 0.636 bits per heavy atom. The topological polar surface area (TPSA) is 9.23 Å². The van der Waals surface area contributed by atoms with Crippen LogP contribution in [-0.4, -0.2) is 54.2 Å². The summed E-state index contributed by atoms with van der Waals surface area (Å²) in [5, 5.41) is 0. The molecule has 2 aromatic carbocycles. The van der Waals surface area contributed by atoms with Crippen LogP contribution in [0.3, 0.4) is 0 Å². The van der Waals surface area contributed by atoms with Gasteiger partial charge in [0.25, 0.3) is 0 Å². The third-order valence-corrected chi connectivity index (χ3v) is 9.12. The second kappa shape index (κ2) is 16.3. The zero-order valence-electron chi connectivity index (χ0n) is 28.8. The molecule has 0 aliphatic heterocycles. The highest BCUT2D eigenvalue weighted by atomic mass is 19.4. The molecule has 0 heterocycles. The highest BCUT2D eigenvalue weighted by Gasteiger charge is 2.95. The fourth-order valence-electron chi connectivity index (χ4n) is 5.59. The zero-order chi connectivity index (χ0) is 41.9. The van der Waals surface area contributed by atoms with Crippen LogP contribution in [0, 0.1) is 12.3 Å². The van der Waals surface area contributed by atoms with E-state index in [1.807, 2.05) is 60.7 Å². The van der Waals surface area contributed by atoms with Gasteiger partial charge in [0.2, 0.25) is 0 Å². The monoisotopic (exact) mass is 817 g/mol. The summed E-state index contributed by atoms with van der Waals surface area (Å²) in [6.07, 6.45) is -3.56. The van der Waals surface area contributed by atoms with Crippen LogP contribution in [0.4, 0.5) is 74.6 Å². The number of allylic oxidation sites excluding steroid dienone is 5. The van der Waals surface area contributed by atoms with Crippen molar-refractivity contribution in [3.05, 3.63) is 108 Å². The molecule has 308 valence electrons. The first-order valence-electron chi connectivity index (χ1n) is 16.5. The Labute approximate surface area is 304 Å². The van der Waals surface area contributed by atoms with Crippen molar-refractivity contribution in [2.24, 2.45) is 5.92 Å². The van der Waals surface area contributed by atoms with Crippen molar-refractivity contribution in [2.75, 3.05) is 6.61 Å². The van der Waals surface area contributed by atoms with Crippen molar-refractivity contribution in [1.82, 2.24) is 0 Å². The quantitative estimate of drug-likeness (QED) is 0.0827. The molecule has 55 heavy (non-hydrogen) atoms. The molecule has 0 amide bonds. The molecule has 18 heteroatoms. The van der Waals surface area contributed by atoms with Gasteiger partial charge in [-0.1, -0.05) is 92.9 Å². The normalized spacial score (nSPS) is 17.3. The summed E-state index contributed by atoms with van der Waals surface area (Å²) in [4.78, 5) is 0. The van der Waals surface area contributed by atoms with E-state index in [2.05, 4.69) is 13.8 Å². The Kier molecular flexibility index (Phi) is 13.5. The highest BCUT2D eigenvalue weighted by Crippen LogP contribution is 2.64. The van der Waals surface area contributed by atoms with Crippen LogP contribution < -0.4 is 0 Å². The largest absolute Gasteiger partial charge is 0.537 e. The van der Waals surface area contributed by atoms with Gasteiger partial charge < -0.3 is 4.74 Å². The van der Waals surface area contributed by atoms with Crippen LogP contribution in [0.5, 0.6) is 0 Å². The first kappa shape index (κ1) is 45.5. The van der Waals surface area contributed by atoms with Gasteiger partial charge in [-0.3, -0.25) is 0 Å². The van der Waals surface area contributed by atoms with Crippen LogP contribution in [0.25, 0.3) is 5.57 Å². The number of hydrogen-bond donors (Lipinski definition) is 0. The molecule has 0 radical (unpaired) electrons. The molecule has 2 aromatic rings. The molecule has 0 saturated heterocycles. The van der Waals surface area contributed by atoms with Crippen LogP contribution in [0.15, 0.2) is 90.2 Å². The lowest BCUT2D eigenvalue weighted by Crippen LogP contribution is -2.74. The molecule has 0 aromatic heterocycles. The maximum Gasteiger partial charge on any atom is 0.460 e. The molecule has 0 fully saturated rings. The molecule has 0 bridgehead atoms. The first-order valence-corrected chi connectivity index (χ1v) is 16.5. The van der Waals surface area contributed by atoms with Gasteiger partial charge >= 0.3 is 47.6 Å². The second-order valence-electron chi connectivity index (χ2n) is 13.0. The van der Waals surface area contributed by atoms with Gasteiger partial charge in [0.05, 0.1) is 6.61 Å². The van der Waals surface area contributed by atoms with Gasteiger partial charge in [0.1, 0.15) is 0 Å². The second-order valence-corrected chi connectivity index (χ2v) is 13.0. The zero-order valence-corrected chi connectivity index (χ0v) is 28.8. The van der Waals surface area contributed by atoms with Crippen LogP contribution in [-0.2, 0) is 4.74 Å². The van der Waals surface area contributed by atoms with Gasteiger partial charge in [-0.05, 0) is 30.2 Å². The molecule has 2 atom stereocenters. The highest BCUT2D eigenvalue weighted by molar-refractivity contribution is 5.75. The maximum absolute atomic E-state index is 14.3. The van der Waals surface area contributed by atoms with E-state index >= 15 is 0 Å². The van der Waals surface area contributed by atoms with Crippen LogP contribution >= 0.6 is 0 Å². The Morgan fingerprint density at radius 2 is 1.13 bits per heavy atom. The van der Waals surface area contributed by atoms with Crippen LogP contribution in [0.1, 0.15) is 63.0 Å². The number of benzene rings is 2. The summed E-state index contributed by atoms with van der Waals surface area (Å²) in [6.45, 7) is 3.17. The molecule has 1 aliphatic carbocycles. The van der Waals surface area contributed by atoms with Crippen molar-refractivity contribution in [2.45, 2.75) is 99.5 Å². The minimum absolute atomic E-state index is 0.0814. The lowest BCUT2D eigenvalue weighted by Gasteiger charge is -2.42. The summed E-state index contributed by atoms with van der Waals surface area (Å²) in [6, 6.07) is 18.9. The lowest BCUT2D eigenvalue weighted by atomic mass is 9.80. The number of ether oxygens (including phenoxy) is 1. The molecule has 0 spiro atoms. The third-order valence-electron chi connectivity index (χ3n) is 9.12. The third kappa shape index (κ3) is 8.76. The van der Waals surface area contributed by atoms with E-state index in [0.717, 1.165) is 29.5 Å². The summed E-state index contributed by atoms with van der Waals surface area (Å²) in [5.74, 6) is -56.0. The van der Waals surface area contributed by atoms with E-state index < -0.39 is 67.1 Å². The number of alkyl halides is 17. The predicted octanol–water partition coefficient (Wildman–Crippen LogP) is 13.5. The summed E-state index contributed by atoms with van der Waals surface area (Å²) >= 11 is 0. The Morgan fingerprint density at radius 3 is 1.60 bits per heavy atom. The van der Waals surface area contributed by atoms with Gasteiger partial charge in [-0.25, -0.2) is 0 Å². The molecular formula is C37H34F17O-. The SMILES string of the molecule is CCC(C)CC(CC(=C1C=CC(OCCCC(F)(F)C(F)(F)C(F)(F)C(F)(F)C(F)(F)C(F)(F)C(F)(F)C(F)(F)F)=C[CH-]1)c1ccccc1)c1ccccc1. The van der Waals surface area contributed by atoms with Gasteiger partial charge in [0.15, 0.2) is 0 Å². The number of rotatable bonds is 18. The number of halogens is 17. The van der Waals surface area contributed by atoms with Gasteiger partial charge in [-0.2, -0.15) is 74.6 Å². The smallest absolute Gasteiger partial charge is 0.460 e. The Bertz CT molecular complexity index is 1660. The van der Waals surface area contributed by atoms with Crippen molar-refractivity contribution in [3.63, 3.8) is 0 Å².